The first-order chi connectivity index (χ1) is 11.5. The van der Waals surface area contributed by atoms with Gasteiger partial charge in [0.15, 0.2) is 6.10 Å². The van der Waals surface area contributed by atoms with Gasteiger partial charge < -0.3 is 15.4 Å². The summed E-state index contributed by atoms with van der Waals surface area (Å²) in [5, 5.41) is 0. The van der Waals surface area contributed by atoms with Gasteiger partial charge in [0.25, 0.3) is 5.91 Å². The van der Waals surface area contributed by atoms with Crippen molar-refractivity contribution in [2.24, 2.45) is 0 Å². The van der Waals surface area contributed by atoms with E-state index in [0.29, 0.717) is 18.7 Å². The summed E-state index contributed by atoms with van der Waals surface area (Å²) in [7, 11) is 0. The lowest BCUT2D eigenvalue weighted by Crippen LogP contribution is -2.47. The van der Waals surface area contributed by atoms with Crippen molar-refractivity contribution in [2.45, 2.75) is 39.7 Å². The van der Waals surface area contributed by atoms with Gasteiger partial charge in [-0.2, -0.15) is 0 Å². The highest BCUT2D eigenvalue weighted by Crippen LogP contribution is 2.36. The Morgan fingerprint density at radius 1 is 1.21 bits per heavy atom. The van der Waals surface area contributed by atoms with Crippen LogP contribution in [0, 0.1) is 13.8 Å². The Morgan fingerprint density at radius 3 is 2.75 bits per heavy atom. The number of nitrogens with two attached hydrogens (primary N) is 1. The van der Waals surface area contributed by atoms with Crippen LogP contribution in [0.25, 0.3) is 0 Å². The first-order valence-corrected chi connectivity index (χ1v) is 8.44. The Labute approximate surface area is 143 Å². The molecule has 0 aromatic heterocycles. The molecule has 4 nitrogen and oxygen atoms in total. The van der Waals surface area contributed by atoms with Crippen LogP contribution in [0.1, 0.15) is 30.0 Å². The number of fused-ring (bicyclic) bond motifs is 1. The second-order valence-corrected chi connectivity index (χ2v) is 6.39. The maximum atomic E-state index is 13.0. The van der Waals surface area contributed by atoms with Crippen LogP contribution in [0.2, 0.25) is 0 Å². The van der Waals surface area contributed by atoms with Crippen molar-refractivity contribution in [3.63, 3.8) is 0 Å². The molecule has 0 fully saturated rings. The third kappa shape index (κ3) is 2.96. The van der Waals surface area contributed by atoms with Crippen LogP contribution in [-0.2, 0) is 11.2 Å². The largest absolute Gasteiger partial charge is 0.478 e. The number of hydrogen-bond donors (Lipinski definition) is 1. The zero-order valence-electron chi connectivity index (χ0n) is 14.5. The Hall–Kier alpha value is -2.49. The maximum absolute atomic E-state index is 13.0. The summed E-state index contributed by atoms with van der Waals surface area (Å²) in [6.07, 6.45) is 0.972. The molecule has 1 heterocycles. The molecule has 0 saturated carbocycles. The lowest BCUT2D eigenvalue weighted by Gasteiger charge is -2.34. The van der Waals surface area contributed by atoms with Crippen molar-refractivity contribution in [1.82, 2.24) is 0 Å². The van der Waals surface area contributed by atoms with Gasteiger partial charge in [-0.15, -0.1) is 0 Å². The van der Waals surface area contributed by atoms with Crippen molar-refractivity contribution < 1.29 is 9.53 Å². The van der Waals surface area contributed by atoms with Crippen LogP contribution in [0.5, 0.6) is 5.75 Å². The molecular formula is C20H24N2O2. The van der Waals surface area contributed by atoms with Gasteiger partial charge in [-0.25, -0.2) is 0 Å². The van der Waals surface area contributed by atoms with Gasteiger partial charge in [-0.05, 0) is 55.2 Å². The SMILES string of the molecule is CCCN1C(=O)C(Cc2cccc(C)c2C)Oc2ccc(N)cc21. The van der Waals surface area contributed by atoms with E-state index in [0.717, 1.165) is 23.4 Å². The van der Waals surface area contributed by atoms with E-state index < -0.39 is 6.10 Å². The summed E-state index contributed by atoms with van der Waals surface area (Å²) < 4.78 is 6.03. The zero-order chi connectivity index (χ0) is 17.3. The van der Waals surface area contributed by atoms with Gasteiger partial charge in [0.05, 0.1) is 5.69 Å². The van der Waals surface area contributed by atoms with Gasteiger partial charge in [0, 0.05) is 18.7 Å². The molecule has 2 N–H and O–H groups in total. The Bertz CT molecular complexity index is 770. The predicted molar refractivity (Wildman–Crippen MR) is 97.5 cm³/mol. The molecule has 0 radical (unpaired) electrons. The summed E-state index contributed by atoms with van der Waals surface area (Å²) in [5.41, 5.74) is 10.9. The monoisotopic (exact) mass is 324 g/mol. The number of amides is 1. The number of carbonyl (C=O) groups excluding carboxylic acids is 1. The maximum Gasteiger partial charge on any atom is 0.268 e. The first kappa shape index (κ1) is 16.4. The van der Waals surface area contributed by atoms with E-state index in [-0.39, 0.29) is 5.91 Å². The summed E-state index contributed by atoms with van der Waals surface area (Å²) >= 11 is 0. The average molecular weight is 324 g/mol. The Morgan fingerprint density at radius 2 is 2.00 bits per heavy atom. The van der Waals surface area contributed by atoms with Crippen molar-refractivity contribution in [2.75, 3.05) is 17.2 Å². The minimum absolute atomic E-state index is 0.0101. The van der Waals surface area contributed by atoms with Crippen LogP contribution in [0.3, 0.4) is 0 Å². The van der Waals surface area contributed by atoms with E-state index in [4.69, 9.17) is 10.5 Å². The number of carbonyl (C=O) groups is 1. The van der Waals surface area contributed by atoms with E-state index in [1.165, 1.54) is 11.1 Å². The van der Waals surface area contributed by atoms with Crippen LogP contribution in [0.15, 0.2) is 36.4 Å². The van der Waals surface area contributed by atoms with E-state index in [1.807, 2.05) is 29.2 Å². The second kappa shape index (κ2) is 6.56. The number of rotatable bonds is 4. The molecule has 2 aromatic rings. The third-order valence-corrected chi connectivity index (χ3v) is 4.65. The van der Waals surface area contributed by atoms with Crippen molar-refractivity contribution >= 4 is 17.3 Å². The topological polar surface area (TPSA) is 55.6 Å². The van der Waals surface area contributed by atoms with Crippen molar-refractivity contribution in [3.05, 3.63) is 53.1 Å². The highest BCUT2D eigenvalue weighted by molar-refractivity contribution is 6.00. The summed E-state index contributed by atoms with van der Waals surface area (Å²) in [5.74, 6) is 0.739. The van der Waals surface area contributed by atoms with E-state index in [2.05, 4.69) is 32.9 Å². The van der Waals surface area contributed by atoms with E-state index in [9.17, 15) is 4.79 Å². The van der Waals surface area contributed by atoms with Crippen molar-refractivity contribution in [3.8, 4) is 5.75 Å². The van der Waals surface area contributed by atoms with E-state index >= 15 is 0 Å². The lowest BCUT2D eigenvalue weighted by molar-refractivity contribution is -0.126. The first-order valence-electron chi connectivity index (χ1n) is 8.44. The fraction of sp³-hybridized carbons (Fsp3) is 0.350. The van der Waals surface area contributed by atoms with Crippen LogP contribution < -0.4 is 15.4 Å². The fourth-order valence-electron chi connectivity index (χ4n) is 3.16. The Kier molecular flexibility index (Phi) is 4.47. The number of anilines is 2. The molecule has 126 valence electrons. The fourth-order valence-corrected chi connectivity index (χ4v) is 3.16. The van der Waals surface area contributed by atoms with Crippen LogP contribution in [-0.4, -0.2) is 18.6 Å². The molecule has 1 aliphatic heterocycles. The molecule has 1 unspecified atom stereocenters. The molecule has 0 bridgehead atoms. The van der Waals surface area contributed by atoms with Gasteiger partial charge in [-0.3, -0.25) is 4.79 Å². The van der Waals surface area contributed by atoms with Crippen molar-refractivity contribution in [1.29, 1.82) is 0 Å². The molecule has 0 aliphatic carbocycles. The number of benzene rings is 2. The normalized spacial score (nSPS) is 16.7. The highest BCUT2D eigenvalue weighted by Gasteiger charge is 2.34. The molecule has 1 aliphatic rings. The smallest absolute Gasteiger partial charge is 0.268 e. The summed E-state index contributed by atoms with van der Waals surface area (Å²) in [6, 6.07) is 11.7. The van der Waals surface area contributed by atoms with Crippen LogP contribution in [0.4, 0.5) is 11.4 Å². The molecule has 24 heavy (non-hydrogen) atoms. The van der Waals surface area contributed by atoms with Gasteiger partial charge in [0.1, 0.15) is 5.75 Å². The molecule has 0 saturated heterocycles. The Balaban J connectivity index is 1.94. The minimum Gasteiger partial charge on any atom is -0.478 e. The van der Waals surface area contributed by atoms with Crippen LogP contribution >= 0.6 is 0 Å². The molecular weight excluding hydrogens is 300 g/mol. The molecule has 1 atom stereocenters. The number of aryl methyl sites for hydroxylation is 1. The standard InChI is InChI=1S/C20H24N2O2/c1-4-10-22-17-12-16(21)8-9-18(17)24-19(20(22)23)11-15-7-5-6-13(2)14(15)3/h5-9,12,19H,4,10-11,21H2,1-3H3. The predicted octanol–water partition coefficient (Wildman–Crippen LogP) is 3.63. The number of ether oxygens (including phenoxy) is 1. The number of nitrogen functional groups attached to an aromatic ring is 1. The minimum atomic E-state index is -0.492. The molecule has 1 amide bonds. The summed E-state index contributed by atoms with van der Waals surface area (Å²) in [4.78, 5) is 14.8. The molecule has 2 aromatic carbocycles. The lowest BCUT2D eigenvalue weighted by atomic mass is 9.97. The average Bonchev–Trinajstić information content (AvgIpc) is 2.56. The van der Waals surface area contributed by atoms with Gasteiger partial charge in [-0.1, -0.05) is 25.1 Å². The molecule has 3 rings (SSSR count). The second-order valence-electron chi connectivity index (χ2n) is 6.39. The van der Waals surface area contributed by atoms with Gasteiger partial charge >= 0.3 is 0 Å². The third-order valence-electron chi connectivity index (χ3n) is 4.65. The molecule has 4 heteroatoms. The quantitative estimate of drug-likeness (QED) is 0.874. The molecule has 0 spiro atoms. The zero-order valence-corrected chi connectivity index (χ0v) is 14.5. The highest BCUT2D eigenvalue weighted by atomic mass is 16.5. The van der Waals surface area contributed by atoms with Gasteiger partial charge in [0.2, 0.25) is 0 Å². The van der Waals surface area contributed by atoms with E-state index in [1.54, 1.807) is 0 Å². The number of hydrogen-bond acceptors (Lipinski definition) is 3. The number of nitrogens with zero attached hydrogens (tertiary/aromatic N) is 1. The summed E-state index contributed by atoms with van der Waals surface area (Å²) in [6.45, 7) is 6.91.